The van der Waals surface area contributed by atoms with Gasteiger partial charge in [-0.1, -0.05) is 50.1 Å². The number of nitrogens with one attached hydrogen (secondary N) is 1. The number of aromatic nitrogens is 1. The van der Waals surface area contributed by atoms with Crippen LogP contribution in [-0.2, 0) is 0 Å². The van der Waals surface area contributed by atoms with Crippen molar-refractivity contribution in [2.24, 2.45) is 5.73 Å². The van der Waals surface area contributed by atoms with E-state index >= 15 is 0 Å². The highest BCUT2D eigenvalue weighted by atomic mass is 79.9. The Morgan fingerprint density at radius 3 is 2.19 bits per heavy atom. The van der Waals surface area contributed by atoms with E-state index in [1.807, 2.05) is 12.1 Å². The molecule has 1 aromatic carbocycles. The third kappa shape index (κ3) is 7.36. The van der Waals surface area contributed by atoms with Crippen LogP contribution in [0, 0.1) is 5.41 Å². The highest BCUT2D eigenvalue weighted by molar-refractivity contribution is 9.10. The van der Waals surface area contributed by atoms with Crippen LogP contribution in [0.4, 0.5) is 0 Å². The van der Waals surface area contributed by atoms with Crippen molar-refractivity contribution in [3.8, 4) is 0 Å². The zero-order valence-electron chi connectivity index (χ0n) is 10.9. The zero-order valence-corrected chi connectivity index (χ0v) is 14.9. The van der Waals surface area contributed by atoms with Crippen molar-refractivity contribution in [3.05, 3.63) is 64.4 Å². The standard InChI is InChI=1S/C8H6Br2O.C6H7N3.ClH/c9-5-8(11)6-1-3-7(10)4-2-6;7-6(8)5-3-1-2-4-9-5;/h1-4H,5H2;1-4H,(H3,7,8);1H. The van der Waals surface area contributed by atoms with Gasteiger partial charge >= 0.3 is 0 Å². The van der Waals surface area contributed by atoms with E-state index < -0.39 is 0 Å². The molecule has 0 saturated carbocycles. The molecule has 2 aromatic rings. The molecule has 3 N–H and O–H groups in total. The molecule has 0 aliphatic rings. The second-order valence-corrected chi connectivity index (χ2v) is 5.17. The average Bonchev–Trinajstić information content (AvgIpc) is 2.49. The normalized spacial score (nSPS) is 8.86. The van der Waals surface area contributed by atoms with Crippen LogP contribution in [0.3, 0.4) is 0 Å². The Balaban J connectivity index is 0.000000370. The summed E-state index contributed by atoms with van der Waals surface area (Å²) in [4.78, 5) is 14.9. The van der Waals surface area contributed by atoms with Gasteiger partial charge in [0.05, 0.1) is 5.33 Å². The van der Waals surface area contributed by atoms with E-state index in [1.54, 1.807) is 36.5 Å². The molecule has 7 heteroatoms. The summed E-state index contributed by atoms with van der Waals surface area (Å²) in [6.45, 7) is 0. The molecule has 0 aliphatic carbocycles. The maximum Gasteiger partial charge on any atom is 0.173 e. The monoisotopic (exact) mass is 433 g/mol. The minimum Gasteiger partial charge on any atom is -0.382 e. The summed E-state index contributed by atoms with van der Waals surface area (Å²) in [7, 11) is 0. The van der Waals surface area contributed by atoms with Gasteiger partial charge in [-0.3, -0.25) is 15.2 Å². The molecule has 21 heavy (non-hydrogen) atoms. The van der Waals surface area contributed by atoms with E-state index in [1.165, 1.54) is 0 Å². The van der Waals surface area contributed by atoms with Crippen LogP contribution in [0.1, 0.15) is 16.1 Å². The second kappa shape index (κ2) is 10.5. The number of nitrogens with two attached hydrogens (primary N) is 1. The van der Waals surface area contributed by atoms with Crippen molar-refractivity contribution in [2.75, 3.05) is 5.33 Å². The zero-order chi connectivity index (χ0) is 15.0. The number of hydrogen-bond acceptors (Lipinski definition) is 3. The molecule has 0 aliphatic heterocycles. The molecule has 0 fully saturated rings. The van der Waals surface area contributed by atoms with Crippen LogP contribution < -0.4 is 5.73 Å². The predicted molar refractivity (Wildman–Crippen MR) is 94.8 cm³/mol. The Labute approximate surface area is 146 Å². The molecule has 0 amide bonds. The molecular formula is C14H14Br2ClN3O. The lowest BCUT2D eigenvalue weighted by atomic mass is 10.2. The molecule has 0 bridgehead atoms. The summed E-state index contributed by atoms with van der Waals surface area (Å²) < 4.78 is 0.989. The summed E-state index contributed by atoms with van der Waals surface area (Å²) in [5.41, 5.74) is 6.40. The van der Waals surface area contributed by atoms with Gasteiger partial charge in [-0.2, -0.15) is 0 Å². The highest BCUT2D eigenvalue weighted by Gasteiger charge is 2.01. The molecule has 1 aromatic heterocycles. The maximum absolute atomic E-state index is 11.1. The average molecular weight is 436 g/mol. The lowest BCUT2D eigenvalue weighted by Crippen LogP contribution is -2.12. The van der Waals surface area contributed by atoms with Crippen molar-refractivity contribution in [2.45, 2.75) is 0 Å². The number of Topliss-reactive ketones (excluding diaryl/α,β-unsaturated/α-hetero) is 1. The first kappa shape index (κ1) is 19.8. The van der Waals surface area contributed by atoms with Gasteiger partial charge in [-0.15, -0.1) is 12.4 Å². The Hall–Kier alpha value is -1.24. The van der Waals surface area contributed by atoms with Crippen molar-refractivity contribution in [3.63, 3.8) is 0 Å². The maximum atomic E-state index is 11.1. The number of nitrogen functional groups attached to an aromatic ring is 1. The number of hydrogen-bond donors (Lipinski definition) is 2. The fourth-order valence-electron chi connectivity index (χ4n) is 1.24. The van der Waals surface area contributed by atoms with Gasteiger partial charge in [0.25, 0.3) is 0 Å². The smallest absolute Gasteiger partial charge is 0.173 e. The number of pyridine rings is 1. The second-order valence-electron chi connectivity index (χ2n) is 3.69. The molecule has 0 spiro atoms. The number of carbonyl (C=O) groups is 1. The third-order valence-corrected chi connectivity index (χ3v) is 3.27. The van der Waals surface area contributed by atoms with E-state index in [2.05, 4.69) is 36.8 Å². The van der Waals surface area contributed by atoms with E-state index in [0.717, 1.165) is 10.0 Å². The highest BCUT2D eigenvalue weighted by Crippen LogP contribution is 2.11. The van der Waals surface area contributed by atoms with Crippen LogP contribution in [0.15, 0.2) is 53.1 Å². The van der Waals surface area contributed by atoms with Gasteiger partial charge in [-0.25, -0.2) is 0 Å². The van der Waals surface area contributed by atoms with Crippen molar-refractivity contribution >= 4 is 55.9 Å². The first-order valence-electron chi connectivity index (χ1n) is 5.64. The topological polar surface area (TPSA) is 79.8 Å². The van der Waals surface area contributed by atoms with E-state index in [-0.39, 0.29) is 24.0 Å². The first-order valence-corrected chi connectivity index (χ1v) is 7.56. The van der Waals surface area contributed by atoms with Crippen LogP contribution in [0.2, 0.25) is 0 Å². The number of carbonyl (C=O) groups excluding carboxylic acids is 1. The van der Waals surface area contributed by atoms with Crippen LogP contribution in [0.25, 0.3) is 0 Å². The first-order chi connectivity index (χ1) is 9.54. The summed E-state index contributed by atoms with van der Waals surface area (Å²) in [6, 6.07) is 12.6. The fourth-order valence-corrected chi connectivity index (χ4v) is 1.82. The Morgan fingerprint density at radius 2 is 1.81 bits per heavy atom. The van der Waals surface area contributed by atoms with Gasteiger partial charge in [0.15, 0.2) is 5.78 Å². The molecule has 0 unspecified atom stereocenters. The Morgan fingerprint density at radius 1 is 1.19 bits per heavy atom. The Bertz CT molecular complexity index is 577. The summed E-state index contributed by atoms with van der Waals surface area (Å²) >= 11 is 6.40. The summed E-state index contributed by atoms with van der Waals surface area (Å²) in [6.07, 6.45) is 1.61. The molecule has 0 radical (unpaired) electrons. The lowest BCUT2D eigenvalue weighted by Gasteiger charge is -1.95. The molecule has 4 nitrogen and oxygen atoms in total. The van der Waals surface area contributed by atoms with Gasteiger partial charge in [0, 0.05) is 16.2 Å². The van der Waals surface area contributed by atoms with Crippen LogP contribution in [-0.4, -0.2) is 21.9 Å². The Kier molecular flexibility index (Phi) is 9.86. The van der Waals surface area contributed by atoms with Gasteiger partial charge < -0.3 is 5.73 Å². The van der Waals surface area contributed by atoms with Crippen molar-refractivity contribution in [1.82, 2.24) is 4.98 Å². The van der Waals surface area contributed by atoms with E-state index in [4.69, 9.17) is 11.1 Å². The van der Waals surface area contributed by atoms with Gasteiger partial charge in [0.2, 0.25) is 0 Å². The van der Waals surface area contributed by atoms with E-state index in [9.17, 15) is 4.79 Å². The number of amidine groups is 1. The largest absolute Gasteiger partial charge is 0.382 e. The number of alkyl halides is 1. The number of benzene rings is 1. The quantitative estimate of drug-likeness (QED) is 0.333. The minimum absolute atomic E-state index is 0. The number of rotatable bonds is 3. The SMILES string of the molecule is Cl.N=C(N)c1ccccn1.O=C(CBr)c1ccc(Br)cc1. The molecule has 2 rings (SSSR count). The number of nitrogens with zero attached hydrogens (tertiary/aromatic N) is 1. The molecular weight excluding hydrogens is 421 g/mol. The van der Waals surface area contributed by atoms with E-state index in [0.29, 0.717) is 11.0 Å². The predicted octanol–water partition coefficient (Wildman–Crippen LogP) is 3.81. The van der Waals surface area contributed by atoms with Crippen LogP contribution in [0.5, 0.6) is 0 Å². The molecule has 0 saturated heterocycles. The van der Waals surface area contributed by atoms with Gasteiger partial charge in [-0.05, 0) is 24.3 Å². The minimum atomic E-state index is 0. The number of ketones is 1. The fraction of sp³-hybridized carbons (Fsp3) is 0.0714. The number of halogens is 3. The molecule has 0 atom stereocenters. The molecule has 112 valence electrons. The van der Waals surface area contributed by atoms with Crippen molar-refractivity contribution in [1.29, 1.82) is 5.41 Å². The van der Waals surface area contributed by atoms with Crippen LogP contribution >= 0.6 is 44.3 Å². The van der Waals surface area contributed by atoms with Crippen molar-refractivity contribution < 1.29 is 4.79 Å². The lowest BCUT2D eigenvalue weighted by molar-refractivity contribution is 0.102. The summed E-state index contributed by atoms with van der Waals surface area (Å²) in [5, 5.41) is 7.33. The van der Waals surface area contributed by atoms with Gasteiger partial charge in [0.1, 0.15) is 11.5 Å². The summed E-state index contributed by atoms with van der Waals surface area (Å²) in [5.74, 6) is 0.119. The third-order valence-electron chi connectivity index (χ3n) is 2.23. The molecule has 1 heterocycles.